The molecule has 3 aromatic rings. The lowest BCUT2D eigenvalue weighted by molar-refractivity contribution is 0.0740. The first kappa shape index (κ1) is 14.6. The van der Waals surface area contributed by atoms with Crippen LogP contribution < -0.4 is 4.90 Å². The van der Waals surface area contributed by atoms with Gasteiger partial charge in [0.25, 0.3) is 5.91 Å². The number of rotatable bonds is 2. The molecule has 1 saturated heterocycles. The van der Waals surface area contributed by atoms with Crippen molar-refractivity contribution >= 4 is 22.8 Å². The smallest absolute Gasteiger partial charge is 0.272 e. The molecule has 0 unspecified atom stereocenters. The van der Waals surface area contributed by atoms with E-state index in [9.17, 15) is 4.79 Å². The van der Waals surface area contributed by atoms with Crippen LogP contribution in [0.5, 0.6) is 0 Å². The van der Waals surface area contributed by atoms with Crippen LogP contribution in [0.15, 0.2) is 36.9 Å². The molecule has 122 valence electrons. The van der Waals surface area contributed by atoms with Gasteiger partial charge in [0.1, 0.15) is 17.8 Å². The molecule has 1 amide bonds. The second-order valence-electron chi connectivity index (χ2n) is 5.70. The van der Waals surface area contributed by atoms with E-state index in [1.807, 2.05) is 24.1 Å². The van der Waals surface area contributed by atoms with Crippen LogP contribution in [0.25, 0.3) is 11.0 Å². The van der Waals surface area contributed by atoms with E-state index in [1.165, 1.54) is 0 Å². The molecule has 0 aliphatic carbocycles. The molecule has 0 radical (unpaired) electrons. The summed E-state index contributed by atoms with van der Waals surface area (Å²) in [6.45, 7) is 2.72. The second kappa shape index (κ2) is 5.88. The maximum absolute atomic E-state index is 12.5. The predicted molar refractivity (Wildman–Crippen MR) is 88.7 cm³/mol. The van der Waals surface area contributed by atoms with Crippen molar-refractivity contribution in [2.45, 2.75) is 0 Å². The molecule has 24 heavy (non-hydrogen) atoms. The summed E-state index contributed by atoms with van der Waals surface area (Å²) in [5.41, 5.74) is 1.30. The Morgan fingerprint density at radius 3 is 2.67 bits per heavy atom. The number of nitrogens with zero attached hydrogens (tertiary/aromatic N) is 7. The third kappa shape index (κ3) is 2.45. The zero-order valence-electron chi connectivity index (χ0n) is 13.3. The summed E-state index contributed by atoms with van der Waals surface area (Å²) in [4.78, 5) is 29.3. The second-order valence-corrected chi connectivity index (χ2v) is 5.70. The van der Waals surface area contributed by atoms with Crippen LogP contribution in [0.1, 0.15) is 10.5 Å². The Balaban J connectivity index is 1.51. The summed E-state index contributed by atoms with van der Waals surface area (Å²) in [6, 6.07) is 5.39. The first-order valence-corrected chi connectivity index (χ1v) is 7.82. The van der Waals surface area contributed by atoms with E-state index in [0.717, 1.165) is 29.9 Å². The van der Waals surface area contributed by atoms with Crippen molar-refractivity contribution < 1.29 is 4.79 Å². The van der Waals surface area contributed by atoms with Gasteiger partial charge in [0.15, 0.2) is 5.65 Å². The standard InChI is InChI=1S/C16H17N7O/c1-21-14-12(10-20-21)15(19-11-18-14)22-6-8-23(9-7-22)16(24)13-4-2-3-5-17-13/h2-5,10-11H,6-9H2,1H3. The molecular formula is C16H17N7O. The van der Waals surface area contributed by atoms with Gasteiger partial charge in [-0.15, -0.1) is 0 Å². The SMILES string of the molecule is Cn1ncc2c(N3CCN(C(=O)c4ccccn4)CC3)ncnc21. The summed E-state index contributed by atoms with van der Waals surface area (Å²) in [5, 5.41) is 5.18. The number of anilines is 1. The molecule has 4 rings (SSSR count). The fourth-order valence-electron chi connectivity index (χ4n) is 2.97. The van der Waals surface area contributed by atoms with Gasteiger partial charge in [-0.2, -0.15) is 5.10 Å². The Kier molecular flexibility index (Phi) is 3.56. The molecule has 1 aliphatic heterocycles. The van der Waals surface area contributed by atoms with Gasteiger partial charge in [-0.3, -0.25) is 14.5 Å². The summed E-state index contributed by atoms with van der Waals surface area (Å²) in [6.07, 6.45) is 4.99. The zero-order valence-corrected chi connectivity index (χ0v) is 13.3. The molecule has 4 heterocycles. The molecule has 1 aliphatic rings. The van der Waals surface area contributed by atoms with E-state index < -0.39 is 0 Å². The molecular weight excluding hydrogens is 306 g/mol. The maximum Gasteiger partial charge on any atom is 0.272 e. The van der Waals surface area contributed by atoms with Crippen LogP contribution in [0, 0.1) is 0 Å². The number of aryl methyl sites for hydroxylation is 1. The predicted octanol–water partition coefficient (Wildman–Crippen LogP) is 0.721. The van der Waals surface area contributed by atoms with Gasteiger partial charge >= 0.3 is 0 Å². The summed E-state index contributed by atoms with van der Waals surface area (Å²) in [7, 11) is 1.86. The van der Waals surface area contributed by atoms with Crippen molar-refractivity contribution in [1.29, 1.82) is 0 Å². The highest BCUT2D eigenvalue weighted by Gasteiger charge is 2.24. The number of hydrogen-bond donors (Lipinski definition) is 0. The Hall–Kier alpha value is -3.03. The first-order valence-electron chi connectivity index (χ1n) is 7.82. The number of carbonyl (C=O) groups excluding carboxylic acids is 1. The average Bonchev–Trinajstić information content (AvgIpc) is 3.03. The lowest BCUT2D eigenvalue weighted by Gasteiger charge is -2.35. The monoisotopic (exact) mass is 323 g/mol. The fourth-order valence-corrected chi connectivity index (χ4v) is 2.97. The third-order valence-electron chi connectivity index (χ3n) is 4.26. The van der Waals surface area contributed by atoms with Gasteiger partial charge in [0.05, 0.1) is 11.6 Å². The van der Waals surface area contributed by atoms with Crippen molar-refractivity contribution in [3.05, 3.63) is 42.6 Å². The number of pyridine rings is 1. The molecule has 0 spiro atoms. The number of carbonyl (C=O) groups is 1. The molecule has 0 aromatic carbocycles. The molecule has 8 heteroatoms. The highest BCUT2D eigenvalue weighted by Crippen LogP contribution is 2.23. The van der Waals surface area contributed by atoms with Crippen LogP contribution in [-0.4, -0.2) is 61.7 Å². The van der Waals surface area contributed by atoms with Crippen molar-refractivity contribution in [2.75, 3.05) is 31.1 Å². The van der Waals surface area contributed by atoms with E-state index in [1.54, 1.807) is 29.5 Å². The van der Waals surface area contributed by atoms with Gasteiger partial charge in [0.2, 0.25) is 0 Å². The van der Waals surface area contributed by atoms with Gasteiger partial charge < -0.3 is 9.80 Å². The Labute approximate surface area is 138 Å². The molecule has 0 bridgehead atoms. The van der Waals surface area contributed by atoms with Crippen LogP contribution in [0.3, 0.4) is 0 Å². The van der Waals surface area contributed by atoms with E-state index in [0.29, 0.717) is 18.8 Å². The zero-order chi connectivity index (χ0) is 16.5. The minimum Gasteiger partial charge on any atom is -0.352 e. The maximum atomic E-state index is 12.5. The highest BCUT2D eigenvalue weighted by atomic mass is 16.2. The topological polar surface area (TPSA) is 80.0 Å². The molecule has 0 N–H and O–H groups in total. The average molecular weight is 323 g/mol. The lowest BCUT2D eigenvalue weighted by atomic mass is 10.2. The fraction of sp³-hybridized carbons (Fsp3) is 0.312. The van der Waals surface area contributed by atoms with Gasteiger partial charge in [-0.25, -0.2) is 9.97 Å². The molecule has 0 saturated carbocycles. The minimum absolute atomic E-state index is 0.0236. The summed E-state index contributed by atoms with van der Waals surface area (Å²) < 4.78 is 1.74. The van der Waals surface area contributed by atoms with Gasteiger partial charge in [0, 0.05) is 39.4 Å². The minimum atomic E-state index is -0.0236. The van der Waals surface area contributed by atoms with Gasteiger partial charge in [-0.1, -0.05) is 6.07 Å². The van der Waals surface area contributed by atoms with E-state index in [-0.39, 0.29) is 5.91 Å². The highest BCUT2D eigenvalue weighted by molar-refractivity contribution is 5.92. The van der Waals surface area contributed by atoms with Gasteiger partial charge in [-0.05, 0) is 12.1 Å². The van der Waals surface area contributed by atoms with Crippen molar-refractivity contribution in [3.8, 4) is 0 Å². The van der Waals surface area contributed by atoms with Crippen LogP contribution in [0.4, 0.5) is 5.82 Å². The Bertz CT molecular complexity index is 869. The third-order valence-corrected chi connectivity index (χ3v) is 4.26. The Morgan fingerprint density at radius 1 is 1.08 bits per heavy atom. The van der Waals surface area contributed by atoms with Crippen molar-refractivity contribution in [3.63, 3.8) is 0 Å². The normalized spacial score (nSPS) is 15.0. The van der Waals surface area contributed by atoms with Crippen LogP contribution in [-0.2, 0) is 7.05 Å². The van der Waals surface area contributed by atoms with E-state index in [4.69, 9.17) is 0 Å². The molecule has 0 atom stereocenters. The number of piperazine rings is 1. The van der Waals surface area contributed by atoms with Crippen molar-refractivity contribution in [2.24, 2.45) is 7.05 Å². The lowest BCUT2D eigenvalue weighted by Crippen LogP contribution is -2.49. The number of aromatic nitrogens is 5. The summed E-state index contributed by atoms with van der Waals surface area (Å²) in [5.74, 6) is 0.850. The Morgan fingerprint density at radius 2 is 1.92 bits per heavy atom. The van der Waals surface area contributed by atoms with Crippen LogP contribution in [0.2, 0.25) is 0 Å². The summed E-state index contributed by atoms with van der Waals surface area (Å²) >= 11 is 0. The van der Waals surface area contributed by atoms with E-state index >= 15 is 0 Å². The van der Waals surface area contributed by atoms with Crippen molar-refractivity contribution in [1.82, 2.24) is 29.6 Å². The quantitative estimate of drug-likeness (QED) is 0.691. The molecule has 3 aromatic heterocycles. The number of hydrogen-bond acceptors (Lipinski definition) is 6. The number of amides is 1. The largest absolute Gasteiger partial charge is 0.352 e. The van der Waals surface area contributed by atoms with Crippen LogP contribution >= 0.6 is 0 Å². The first-order chi connectivity index (χ1) is 11.7. The van der Waals surface area contributed by atoms with E-state index in [2.05, 4.69) is 25.0 Å². The number of fused-ring (bicyclic) bond motifs is 1. The molecule has 1 fully saturated rings. The molecule has 8 nitrogen and oxygen atoms in total.